The normalized spacial score (nSPS) is 29.1. The van der Waals surface area contributed by atoms with Crippen LogP contribution in [0.4, 0.5) is 0 Å². The van der Waals surface area contributed by atoms with Crippen molar-refractivity contribution in [2.45, 2.75) is 64.5 Å². The summed E-state index contributed by atoms with van der Waals surface area (Å²) in [6.07, 6.45) is 6.87. The van der Waals surface area contributed by atoms with Gasteiger partial charge in [-0.15, -0.1) is 0 Å². The number of rotatable bonds is 5. The first kappa shape index (κ1) is 14.0. The van der Waals surface area contributed by atoms with Gasteiger partial charge in [-0.2, -0.15) is 0 Å². The van der Waals surface area contributed by atoms with Crippen LogP contribution in [0.1, 0.15) is 52.9 Å². The molecule has 2 heteroatoms. The Labute approximate surface area is 101 Å². The van der Waals surface area contributed by atoms with Crippen LogP contribution in [0.3, 0.4) is 0 Å². The van der Waals surface area contributed by atoms with Gasteiger partial charge in [0.25, 0.3) is 0 Å². The Kier molecular flexibility index (Phi) is 5.26. The van der Waals surface area contributed by atoms with Crippen molar-refractivity contribution in [2.24, 2.45) is 11.8 Å². The molecule has 0 radical (unpaired) electrons. The largest absolute Gasteiger partial charge is 0.377 e. The van der Waals surface area contributed by atoms with E-state index in [1.165, 1.54) is 32.1 Å². The van der Waals surface area contributed by atoms with Crippen molar-refractivity contribution < 1.29 is 4.74 Å². The van der Waals surface area contributed by atoms with E-state index in [0.717, 1.165) is 11.8 Å². The quantitative estimate of drug-likeness (QED) is 0.778. The summed E-state index contributed by atoms with van der Waals surface area (Å²) < 4.78 is 5.63. The first-order chi connectivity index (χ1) is 7.55. The second kappa shape index (κ2) is 6.02. The maximum Gasteiger partial charge on any atom is 0.0777 e. The van der Waals surface area contributed by atoms with E-state index in [1.807, 2.05) is 7.11 Å². The fourth-order valence-corrected chi connectivity index (χ4v) is 3.21. The van der Waals surface area contributed by atoms with E-state index in [2.05, 4.69) is 33.1 Å². The summed E-state index contributed by atoms with van der Waals surface area (Å²) in [5.74, 6) is 1.75. The van der Waals surface area contributed by atoms with Gasteiger partial charge in [0.1, 0.15) is 0 Å². The molecule has 0 aromatic rings. The predicted octanol–water partition coefficient (Wildman–Crippen LogP) is 3.22. The second-order valence-electron chi connectivity index (χ2n) is 5.76. The third kappa shape index (κ3) is 3.21. The Hall–Kier alpha value is -0.0800. The van der Waals surface area contributed by atoms with Gasteiger partial charge in [-0.25, -0.2) is 0 Å². The van der Waals surface area contributed by atoms with Gasteiger partial charge in [-0.05, 0) is 45.6 Å². The molecule has 96 valence electrons. The molecule has 1 rings (SSSR count). The summed E-state index contributed by atoms with van der Waals surface area (Å²) in [6.45, 7) is 6.71. The highest BCUT2D eigenvalue weighted by Gasteiger charge is 2.36. The van der Waals surface area contributed by atoms with Crippen LogP contribution in [0, 0.1) is 11.8 Å². The molecule has 0 aliphatic heterocycles. The third-order valence-corrected chi connectivity index (χ3v) is 4.53. The Balaban J connectivity index is 2.55. The van der Waals surface area contributed by atoms with Crippen molar-refractivity contribution >= 4 is 0 Å². The molecule has 1 aliphatic carbocycles. The lowest BCUT2D eigenvalue weighted by molar-refractivity contribution is -0.0327. The van der Waals surface area contributed by atoms with Crippen molar-refractivity contribution in [3.05, 3.63) is 0 Å². The molecule has 0 heterocycles. The molecule has 0 saturated heterocycles. The number of likely N-dealkylation sites (N-methyl/N-ethyl adjacent to an activating group) is 1. The highest BCUT2D eigenvalue weighted by Crippen LogP contribution is 2.35. The monoisotopic (exact) mass is 227 g/mol. The second-order valence-corrected chi connectivity index (χ2v) is 5.76. The summed E-state index contributed by atoms with van der Waals surface area (Å²) in [7, 11) is 3.89. The highest BCUT2D eigenvalue weighted by molar-refractivity contribution is 4.91. The van der Waals surface area contributed by atoms with E-state index in [-0.39, 0.29) is 5.60 Å². The van der Waals surface area contributed by atoms with Crippen molar-refractivity contribution in [3.63, 3.8) is 0 Å². The van der Waals surface area contributed by atoms with E-state index >= 15 is 0 Å². The van der Waals surface area contributed by atoms with Crippen molar-refractivity contribution in [1.29, 1.82) is 0 Å². The van der Waals surface area contributed by atoms with Gasteiger partial charge in [0.2, 0.25) is 0 Å². The van der Waals surface area contributed by atoms with Crippen LogP contribution in [-0.2, 0) is 4.74 Å². The summed E-state index contributed by atoms with van der Waals surface area (Å²) in [5, 5.41) is 3.47. The molecule has 0 bridgehead atoms. The summed E-state index contributed by atoms with van der Waals surface area (Å²) >= 11 is 0. The molecule has 1 unspecified atom stereocenters. The Morgan fingerprint density at radius 3 is 2.19 bits per heavy atom. The Morgan fingerprint density at radius 1 is 1.25 bits per heavy atom. The van der Waals surface area contributed by atoms with Crippen molar-refractivity contribution in [3.8, 4) is 0 Å². The highest BCUT2D eigenvalue weighted by atomic mass is 16.5. The predicted molar refractivity (Wildman–Crippen MR) is 69.7 cm³/mol. The topological polar surface area (TPSA) is 21.3 Å². The minimum Gasteiger partial charge on any atom is -0.377 e. The van der Waals surface area contributed by atoms with E-state index in [1.54, 1.807) is 0 Å². The van der Waals surface area contributed by atoms with Crippen molar-refractivity contribution in [1.82, 2.24) is 5.32 Å². The molecule has 1 aliphatic rings. The number of nitrogens with one attached hydrogen (secondary N) is 1. The standard InChI is InChI=1S/C14H29NO/c1-6-11-7-9-12(10-8-11)13(15-4)14(2,3)16-5/h11-13,15H,6-10H2,1-5H3. The average molecular weight is 227 g/mol. The van der Waals surface area contributed by atoms with E-state index in [4.69, 9.17) is 4.74 Å². The van der Waals surface area contributed by atoms with Gasteiger partial charge in [0.05, 0.1) is 5.60 Å². The minimum absolute atomic E-state index is 0.0571. The molecule has 1 atom stereocenters. The fraction of sp³-hybridized carbons (Fsp3) is 1.00. The Bertz CT molecular complexity index is 195. The number of hydrogen-bond acceptors (Lipinski definition) is 2. The zero-order valence-corrected chi connectivity index (χ0v) is 11.7. The minimum atomic E-state index is -0.0571. The number of ether oxygens (including phenoxy) is 1. The molecule has 0 aromatic heterocycles. The molecule has 0 amide bonds. The lowest BCUT2D eigenvalue weighted by Crippen LogP contribution is -2.52. The van der Waals surface area contributed by atoms with Gasteiger partial charge in [-0.3, -0.25) is 0 Å². The van der Waals surface area contributed by atoms with E-state index in [9.17, 15) is 0 Å². The SMILES string of the molecule is CCC1CCC(C(NC)C(C)(C)OC)CC1. The van der Waals surface area contributed by atoms with E-state index in [0.29, 0.717) is 6.04 Å². The molecule has 1 fully saturated rings. The van der Waals surface area contributed by atoms with Crippen LogP contribution in [0.5, 0.6) is 0 Å². The van der Waals surface area contributed by atoms with Gasteiger partial charge < -0.3 is 10.1 Å². The smallest absolute Gasteiger partial charge is 0.0777 e. The van der Waals surface area contributed by atoms with Crippen LogP contribution in [0.2, 0.25) is 0 Å². The van der Waals surface area contributed by atoms with Crippen LogP contribution < -0.4 is 5.32 Å². The lowest BCUT2D eigenvalue weighted by Gasteiger charge is -2.41. The zero-order chi connectivity index (χ0) is 12.2. The molecular formula is C14H29NO. The zero-order valence-electron chi connectivity index (χ0n) is 11.7. The van der Waals surface area contributed by atoms with Crippen LogP contribution in [0.15, 0.2) is 0 Å². The summed E-state index contributed by atoms with van der Waals surface area (Å²) in [4.78, 5) is 0. The lowest BCUT2D eigenvalue weighted by atomic mass is 9.74. The van der Waals surface area contributed by atoms with Crippen LogP contribution in [-0.4, -0.2) is 25.8 Å². The van der Waals surface area contributed by atoms with Gasteiger partial charge >= 0.3 is 0 Å². The van der Waals surface area contributed by atoms with Crippen molar-refractivity contribution in [2.75, 3.05) is 14.2 Å². The molecule has 2 nitrogen and oxygen atoms in total. The Morgan fingerprint density at radius 2 is 1.81 bits per heavy atom. The maximum absolute atomic E-state index is 5.63. The number of methoxy groups -OCH3 is 1. The first-order valence-corrected chi connectivity index (χ1v) is 6.77. The van der Waals surface area contributed by atoms with E-state index < -0.39 is 0 Å². The van der Waals surface area contributed by atoms with Crippen LogP contribution >= 0.6 is 0 Å². The molecule has 16 heavy (non-hydrogen) atoms. The first-order valence-electron chi connectivity index (χ1n) is 6.77. The number of hydrogen-bond donors (Lipinski definition) is 1. The summed E-state index contributed by atoms with van der Waals surface area (Å²) in [6, 6.07) is 0.482. The summed E-state index contributed by atoms with van der Waals surface area (Å²) in [5.41, 5.74) is -0.0571. The van der Waals surface area contributed by atoms with Gasteiger partial charge in [0.15, 0.2) is 0 Å². The van der Waals surface area contributed by atoms with Gasteiger partial charge in [-0.1, -0.05) is 26.2 Å². The van der Waals surface area contributed by atoms with Gasteiger partial charge in [0, 0.05) is 13.2 Å². The average Bonchev–Trinajstić information content (AvgIpc) is 2.30. The molecule has 0 spiro atoms. The molecular weight excluding hydrogens is 198 g/mol. The molecule has 1 N–H and O–H groups in total. The molecule has 1 saturated carbocycles. The van der Waals surface area contributed by atoms with Crippen LogP contribution in [0.25, 0.3) is 0 Å². The fourth-order valence-electron chi connectivity index (χ4n) is 3.21. The molecule has 0 aromatic carbocycles. The maximum atomic E-state index is 5.63. The third-order valence-electron chi connectivity index (χ3n) is 4.53.